The van der Waals surface area contributed by atoms with Crippen molar-refractivity contribution in [1.29, 1.82) is 0 Å². The number of anilines is 2. The smallest absolute Gasteiger partial charge is 0.381 e. The summed E-state index contributed by atoms with van der Waals surface area (Å²) in [6, 6.07) is 1.86. The molecule has 1 aliphatic heterocycles. The largest absolute Gasteiger partial charge is 0.435 e. The molecule has 0 unspecified atom stereocenters. The number of halogens is 4. The van der Waals surface area contributed by atoms with Crippen LogP contribution in [0.2, 0.25) is 5.02 Å². The van der Waals surface area contributed by atoms with Crippen molar-refractivity contribution in [2.75, 3.05) is 30.4 Å². The lowest BCUT2D eigenvalue weighted by atomic mass is 9.92. The van der Waals surface area contributed by atoms with E-state index in [0.717, 1.165) is 44.7 Å². The van der Waals surface area contributed by atoms with Gasteiger partial charge in [0.1, 0.15) is 17.3 Å². The van der Waals surface area contributed by atoms with E-state index in [-0.39, 0.29) is 34.2 Å². The second-order valence-electron chi connectivity index (χ2n) is 8.69. The highest BCUT2D eigenvalue weighted by atomic mass is 35.5. The van der Waals surface area contributed by atoms with Crippen LogP contribution in [0.3, 0.4) is 0 Å². The van der Waals surface area contributed by atoms with Gasteiger partial charge in [0.15, 0.2) is 5.69 Å². The van der Waals surface area contributed by atoms with Crippen molar-refractivity contribution in [1.82, 2.24) is 15.0 Å². The lowest BCUT2D eigenvalue weighted by Gasteiger charge is -2.27. The summed E-state index contributed by atoms with van der Waals surface area (Å²) in [5.41, 5.74) is 4.69. The summed E-state index contributed by atoms with van der Waals surface area (Å²) in [6.45, 7) is 1.96. The minimum atomic E-state index is -4.68. The molecule has 4 rings (SSSR count). The fraction of sp³-hybridized carbons (Fsp3) is 0.591. The Morgan fingerprint density at radius 1 is 1.03 bits per heavy atom. The Bertz CT molecular complexity index is 946. The summed E-state index contributed by atoms with van der Waals surface area (Å²) in [7, 11) is 0. The summed E-state index contributed by atoms with van der Waals surface area (Å²) in [5, 5.41) is 6.50. The topological polar surface area (TPSA) is 98.0 Å². The number of hydrogen-bond acceptors (Lipinski definition) is 7. The van der Waals surface area contributed by atoms with Gasteiger partial charge >= 0.3 is 6.18 Å². The van der Waals surface area contributed by atoms with Gasteiger partial charge in [0.25, 0.3) is 0 Å². The Labute approximate surface area is 195 Å². The first-order valence-electron chi connectivity index (χ1n) is 11.2. The zero-order valence-corrected chi connectivity index (χ0v) is 18.9. The molecule has 0 amide bonds. The van der Waals surface area contributed by atoms with Crippen LogP contribution in [0.1, 0.15) is 44.2 Å². The summed E-state index contributed by atoms with van der Waals surface area (Å²) in [5.74, 6) is 1.09. The number of hydrogen-bond donors (Lipinski definition) is 3. The summed E-state index contributed by atoms with van der Waals surface area (Å²) < 4.78 is 46.6. The maximum atomic E-state index is 13.8. The van der Waals surface area contributed by atoms with E-state index in [2.05, 4.69) is 25.6 Å². The number of aromatic nitrogens is 3. The highest BCUT2D eigenvalue weighted by Gasteiger charge is 2.37. The number of alkyl halides is 3. The van der Waals surface area contributed by atoms with E-state index in [0.29, 0.717) is 31.5 Å². The summed E-state index contributed by atoms with van der Waals surface area (Å²) in [6.07, 6.45) is 3.10. The summed E-state index contributed by atoms with van der Waals surface area (Å²) in [4.78, 5) is 12.2. The van der Waals surface area contributed by atoms with Crippen LogP contribution in [0.4, 0.5) is 24.8 Å². The molecule has 0 aromatic carbocycles. The lowest BCUT2D eigenvalue weighted by molar-refractivity contribution is -0.140. The van der Waals surface area contributed by atoms with Gasteiger partial charge in [0.2, 0.25) is 0 Å². The van der Waals surface area contributed by atoms with Gasteiger partial charge < -0.3 is 21.1 Å². The zero-order chi connectivity index (χ0) is 23.4. The van der Waals surface area contributed by atoms with Gasteiger partial charge in [-0.2, -0.15) is 13.2 Å². The van der Waals surface area contributed by atoms with Gasteiger partial charge in [-0.05, 0) is 50.5 Å². The fourth-order valence-corrected chi connectivity index (χ4v) is 4.43. The Balaban J connectivity index is 1.59. The Hall–Kier alpha value is -2.17. The van der Waals surface area contributed by atoms with Gasteiger partial charge in [-0.25, -0.2) is 15.0 Å². The van der Waals surface area contributed by atoms with Gasteiger partial charge in [0.05, 0.1) is 11.2 Å². The minimum Gasteiger partial charge on any atom is -0.381 e. The molecule has 2 fully saturated rings. The van der Waals surface area contributed by atoms with Gasteiger partial charge in [-0.1, -0.05) is 11.6 Å². The third-order valence-corrected chi connectivity index (χ3v) is 6.49. The highest BCUT2D eigenvalue weighted by Crippen LogP contribution is 2.38. The molecule has 0 atom stereocenters. The summed E-state index contributed by atoms with van der Waals surface area (Å²) >= 11 is 6.29. The normalized spacial score (nSPS) is 22.2. The monoisotopic (exact) mass is 484 g/mol. The van der Waals surface area contributed by atoms with Crippen LogP contribution in [-0.2, 0) is 10.9 Å². The van der Waals surface area contributed by atoms with Crippen LogP contribution in [-0.4, -0.2) is 46.8 Å². The van der Waals surface area contributed by atoms with Crippen LogP contribution in [0, 0.1) is 5.92 Å². The number of rotatable bonds is 6. The van der Waals surface area contributed by atoms with E-state index < -0.39 is 11.9 Å². The molecule has 2 aliphatic rings. The highest BCUT2D eigenvalue weighted by molar-refractivity contribution is 6.33. The molecule has 7 nitrogen and oxygen atoms in total. The van der Waals surface area contributed by atoms with Crippen molar-refractivity contribution < 1.29 is 17.9 Å². The first-order chi connectivity index (χ1) is 15.8. The average molecular weight is 485 g/mol. The van der Waals surface area contributed by atoms with E-state index >= 15 is 0 Å². The molecule has 1 saturated carbocycles. The van der Waals surface area contributed by atoms with Crippen LogP contribution in [0.5, 0.6) is 0 Å². The molecule has 0 spiro atoms. The second kappa shape index (κ2) is 10.4. The molecule has 0 radical (unpaired) electrons. The van der Waals surface area contributed by atoms with Crippen LogP contribution < -0.4 is 16.4 Å². The van der Waals surface area contributed by atoms with Crippen molar-refractivity contribution in [2.24, 2.45) is 11.7 Å². The predicted molar refractivity (Wildman–Crippen MR) is 121 cm³/mol. The molecule has 4 N–H and O–H groups in total. The van der Waals surface area contributed by atoms with E-state index in [1.165, 1.54) is 12.3 Å². The maximum Gasteiger partial charge on any atom is 0.435 e. The van der Waals surface area contributed by atoms with Crippen LogP contribution in [0.15, 0.2) is 18.5 Å². The van der Waals surface area contributed by atoms with E-state index in [4.69, 9.17) is 22.1 Å². The zero-order valence-electron chi connectivity index (χ0n) is 18.2. The molecule has 3 heterocycles. The molecule has 2 aromatic heterocycles. The Morgan fingerprint density at radius 2 is 1.76 bits per heavy atom. The second-order valence-corrected chi connectivity index (χ2v) is 9.10. The number of nitrogens with two attached hydrogens (primary N) is 1. The van der Waals surface area contributed by atoms with Crippen molar-refractivity contribution in [3.05, 3.63) is 29.2 Å². The number of pyridine rings is 1. The average Bonchev–Trinajstić information content (AvgIpc) is 2.80. The molecule has 0 bridgehead atoms. The number of nitrogens with zero attached hydrogens (tertiary/aromatic N) is 3. The third-order valence-electron chi connectivity index (χ3n) is 6.19. The van der Waals surface area contributed by atoms with Crippen molar-refractivity contribution in [3.8, 4) is 11.3 Å². The first kappa shape index (κ1) is 24.0. The van der Waals surface area contributed by atoms with E-state index in [1.54, 1.807) is 0 Å². The van der Waals surface area contributed by atoms with Crippen molar-refractivity contribution >= 4 is 23.2 Å². The van der Waals surface area contributed by atoms with Gasteiger partial charge in [-0.15, -0.1) is 0 Å². The maximum absolute atomic E-state index is 13.8. The van der Waals surface area contributed by atoms with Crippen molar-refractivity contribution in [2.45, 2.75) is 56.8 Å². The first-order valence-corrected chi connectivity index (χ1v) is 11.6. The van der Waals surface area contributed by atoms with Gasteiger partial charge in [-0.3, -0.25) is 0 Å². The fourth-order valence-electron chi connectivity index (χ4n) is 4.24. The minimum absolute atomic E-state index is 0.0765. The SMILES string of the molecule is NC1CCC(Nc2cc(-c3nc(NCC4CCOCC4)cnc3C(F)(F)F)c(Cl)cn2)CC1. The Morgan fingerprint density at radius 3 is 2.45 bits per heavy atom. The van der Waals surface area contributed by atoms with E-state index in [1.807, 2.05) is 0 Å². The van der Waals surface area contributed by atoms with Crippen LogP contribution >= 0.6 is 11.6 Å². The molecule has 33 heavy (non-hydrogen) atoms. The quantitative estimate of drug-likeness (QED) is 0.545. The van der Waals surface area contributed by atoms with E-state index in [9.17, 15) is 13.2 Å². The molecule has 1 aliphatic carbocycles. The molecule has 11 heteroatoms. The number of nitrogens with one attached hydrogen (secondary N) is 2. The van der Waals surface area contributed by atoms with Crippen LogP contribution in [0.25, 0.3) is 11.3 Å². The predicted octanol–water partition coefficient (Wildman–Crippen LogP) is 4.73. The Kier molecular flexibility index (Phi) is 7.55. The third kappa shape index (κ3) is 6.24. The standard InChI is InChI=1S/C22H28ClF3N6O/c23-17-11-29-18(31-15-3-1-14(27)2-4-15)9-16(17)20-21(22(24,25)26)30-12-19(32-20)28-10-13-5-7-33-8-6-13/h9,11-15H,1-8,10,27H2,(H,28,32)(H,29,31). The molecular formula is C22H28ClF3N6O. The molecule has 1 saturated heterocycles. The number of ether oxygens (including phenoxy) is 1. The molecule has 2 aromatic rings. The van der Waals surface area contributed by atoms with Crippen molar-refractivity contribution in [3.63, 3.8) is 0 Å². The molecule has 180 valence electrons. The van der Waals surface area contributed by atoms with Gasteiger partial charge in [0, 0.05) is 43.6 Å². The lowest BCUT2D eigenvalue weighted by Crippen LogP contribution is -2.33. The molecular weight excluding hydrogens is 457 g/mol.